The van der Waals surface area contributed by atoms with Crippen LogP contribution in [0.4, 0.5) is 8.78 Å². The number of amides is 1. The Hall–Kier alpha value is -2.55. The molecule has 5 nitrogen and oxygen atoms in total. The lowest BCUT2D eigenvalue weighted by Crippen LogP contribution is -2.46. The van der Waals surface area contributed by atoms with Gasteiger partial charge >= 0.3 is 0 Å². The number of benzene rings is 2. The lowest BCUT2D eigenvalue weighted by atomic mass is 9.99. The number of thioether (sulfide) groups is 1. The van der Waals surface area contributed by atoms with E-state index < -0.39 is 22.6 Å². The maximum atomic E-state index is 14.7. The average Bonchev–Trinajstić information content (AvgIpc) is 3.52. The van der Waals surface area contributed by atoms with E-state index in [9.17, 15) is 13.6 Å². The molecule has 1 unspecified atom stereocenters. The molecule has 1 amide bonds. The predicted molar refractivity (Wildman–Crippen MR) is 131 cm³/mol. The monoisotopic (exact) mass is 485 g/mol. The summed E-state index contributed by atoms with van der Waals surface area (Å²) in [5.74, 6) is -1.48. The number of halogens is 2. The molecular weight excluding hydrogens is 456 g/mol. The average molecular weight is 486 g/mol. The molecule has 8 heteroatoms. The molecule has 0 radical (unpaired) electrons. The van der Waals surface area contributed by atoms with Crippen molar-refractivity contribution in [1.29, 1.82) is 0 Å². The van der Waals surface area contributed by atoms with Crippen molar-refractivity contribution in [3.05, 3.63) is 83.4 Å². The molecule has 2 aromatic carbocycles. The largest absolute Gasteiger partial charge is 0.372 e. The van der Waals surface area contributed by atoms with Gasteiger partial charge in [-0.15, -0.1) is 0 Å². The second kappa shape index (κ2) is 10.8. The molecule has 0 aromatic heterocycles. The summed E-state index contributed by atoms with van der Waals surface area (Å²) in [5.41, 5.74) is 0.913. The number of hydrazone groups is 1. The minimum Gasteiger partial charge on any atom is -0.372 e. The summed E-state index contributed by atoms with van der Waals surface area (Å²) in [6.07, 6.45) is 6.97. The molecule has 2 aliphatic rings. The van der Waals surface area contributed by atoms with Crippen molar-refractivity contribution in [1.82, 2.24) is 10.3 Å². The lowest BCUT2D eigenvalue weighted by Gasteiger charge is -2.37. The number of nitrogens with zero attached hydrogens (tertiary/aromatic N) is 2. The van der Waals surface area contributed by atoms with Gasteiger partial charge in [0.2, 0.25) is 0 Å². The zero-order chi connectivity index (χ0) is 24.1. The third-order valence-corrected chi connectivity index (χ3v) is 7.67. The van der Waals surface area contributed by atoms with Crippen LogP contribution in [0.25, 0.3) is 0 Å². The molecule has 0 spiro atoms. The summed E-state index contributed by atoms with van der Waals surface area (Å²) in [5, 5.41) is 9.81. The van der Waals surface area contributed by atoms with Crippen molar-refractivity contribution in [3.63, 3.8) is 0 Å². The van der Waals surface area contributed by atoms with Gasteiger partial charge in [0.1, 0.15) is 27.7 Å². The molecule has 1 N–H and O–H groups in total. The van der Waals surface area contributed by atoms with Gasteiger partial charge in [0.25, 0.3) is 5.91 Å². The Bertz CT molecular complexity index is 1070. The SMILES string of the molecule is CO[C@@H](C)C(=O)N1N=C(c2cc(F)ccc2F)SC1(CCCNC1CC=CC1)c1ccccc1. The van der Waals surface area contributed by atoms with E-state index >= 15 is 0 Å². The molecule has 2 atom stereocenters. The molecule has 34 heavy (non-hydrogen) atoms. The number of ether oxygens (including phenoxy) is 1. The highest BCUT2D eigenvalue weighted by molar-refractivity contribution is 8.15. The first-order valence-corrected chi connectivity index (χ1v) is 12.3. The number of carbonyl (C=O) groups is 1. The maximum Gasteiger partial charge on any atom is 0.273 e. The van der Waals surface area contributed by atoms with Crippen LogP contribution in [0.3, 0.4) is 0 Å². The van der Waals surface area contributed by atoms with Gasteiger partial charge in [0.05, 0.1) is 0 Å². The summed E-state index contributed by atoms with van der Waals surface area (Å²) in [6, 6.07) is 13.3. The van der Waals surface area contributed by atoms with Crippen molar-refractivity contribution >= 4 is 22.7 Å². The molecule has 0 saturated heterocycles. The van der Waals surface area contributed by atoms with Crippen molar-refractivity contribution in [2.24, 2.45) is 5.10 Å². The summed E-state index contributed by atoms with van der Waals surface area (Å²) in [7, 11) is 1.46. The fourth-order valence-corrected chi connectivity index (χ4v) is 5.69. The standard InChI is InChI=1S/C26H29F2N3O2S/c1-18(33-2)25(32)31-26(19-9-4-3-5-10-19,15-8-16-29-21-11-6-7-12-21)34-24(30-31)22-17-20(27)13-14-23(22)28/h3-7,9-10,13-14,17-18,21,29H,8,11-12,15-16H2,1-2H3/t18-,26?/m0/s1. The Morgan fingerprint density at radius 2 is 1.97 bits per heavy atom. The summed E-state index contributed by atoms with van der Waals surface area (Å²) >= 11 is 1.29. The minimum atomic E-state index is -0.908. The Morgan fingerprint density at radius 1 is 1.24 bits per heavy atom. The van der Waals surface area contributed by atoms with E-state index in [0.29, 0.717) is 12.5 Å². The van der Waals surface area contributed by atoms with Gasteiger partial charge in [-0.3, -0.25) is 4.79 Å². The molecule has 2 aromatic rings. The highest BCUT2D eigenvalue weighted by Gasteiger charge is 2.49. The van der Waals surface area contributed by atoms with E-state index in [1.807, 2.05) is 30.3 Å². The maximum absolute atomic E-state index is 14.7. The Balaban J connectivity index is 1.69. The number of carbonyl (C=O) groups excluding carboxylic acids is 1. The van der Waals surface area contributed by atoms with Crippen LogP contribution in [-0.4, -0.2) is 41.8 Å². The predicted octanol–water partition coefficient (Wildman–Crippen LogP) is 5.18. The second-order valence-electron chi connectivity index (χ2n) is 8.51. The highest BCUT2D eigenvalue weighted by Crippen LogP contribution is 2.50. The number of hydrogen-bond acceptors (Lipinski definition) is 5. The van der Waals surface area contributed by atoms with E-state index in [1.165, 1.54) is 23.9 Å². The van der Waals surface area contributed by atoms with Crippen LogP contribution in [0.5, 0.6) is 0 Å². The zero-order valence-electron chi connectivity index (χ0n) is 19.3. The molecule has 1 aliphatic heterocycles. The molecule has 0 saturated carbocycles. The van der Waals surface area contributed by atoms with Crippen molar-refractivity contribution in [2.75, 3.05) is 13.7 Å². The molecule has 180 valence electrons. The first-order chi connectivity index (χ1) is 16.4. The molecule has 4 rings (SSSR count). The van der Waals surface area contributed by atoms with E-state index in [4.69, 9.17) is 4.74 Å². The van der Waals surface area contributed by atoms with E-state index in [1.54, 1.807) is 6.92 Å². The normalized spacial score (nSPS) is 21.2. The first kappa shape index (κ1) is 24.6. The van der Waals surface area contributed by atoms with Gasteiger partial charge in [0.15, 0.2) is 0 Å². The van der Waals surface area contributed by atoms with Crippen molar-refractivity contribution in [2.45, 2.75) is 49.6 Å². The van der Waals surface area contributed by atoms with E-state index in [0.717, 1.165) is 49.6 Å². The molecular formula is C26H29F2N3O2S. The molecule has 0 bridgehead atoms. The second-order valence-corrected chi connectivity index (χ2v) is 9.77. The quantitative estimate of drug-likeness (QED) is 0.393. The van der Waals surface area contributed by atoms with Gasteiger partial charge in [0, 0.05) is 18.7 Å². The number of rotatable bonds is 9. The fraction of sp³-hybridized carbons (Fsp3) is 0.385. The molecule has 1 aliphatic carbocycles. The van der Waals surface area contributed by atoms with Crippen LogP contribution in [0.1, 0.15) is 43.7 Å². The molecule has 0 fully saturated rings. The van der Waals surface area contributed by atoms with E-state index in [2.05, 4.69) is 22.6 Å². The Kier molecular flexibility index (Phi) is 7.80. The smallest absolute Gasteiger partial charge is 0.273 e. The first-order valence-electron chi connectivity index (χ1n) is 11.5. The summed E-state index contributed by atoms with van der Waals surface area (Å²) in [6.45, 7) is 2.43. The highest BCUT2D eigenvalue weighted by atomic mass is 32.2. The van der Waals surface area contributed by atoms with Crippen LogP contribution in [-0.2, 0) is 14.4 Å². The zero-order valence-corrected chi connectivity index (χ0v) is 20.2. The number of nitrogens with one attached hydrogen (secondary N) is 1. The van der Waals surface area contributed by atoms with Crippen molar-refractivity contribution in [3.8, 4) is 0 Å². The van der Waals surface area contributed by atoms with Crippen LogP contribution < -0.4 is 5.32 Å². The lowest BCUT2D eigenvalue weighted by molar-refractivity contribution is -0.144. The van der Waals surface area contributed by atoms with Crippen molar-refractivity contribution < 1.29 is 18.3 Å². The third-order valence-electron chi connectivity index (χ3n) is 6.23. The summed E-state index contributed by atoms with van der Waals surface area (Å²) < 4.78 is 34.0. The van der Waals surface area contributed by atoms with Crippen LogP contribution >= 0.6 is 11.8 Å². The molecule has 1 heterocycles. The van der Waals surface area contributed by atoms with Gasteiger partial charge in [-0.05, 0) is 62.9 Å². The van der Waals surface area contributed by atoms with Gasteiger partial charge in [-0.2, -0.15) is 5.10 Å². The minimum absolute atomic E-state index is 0.0424. The fourth-order valence-electron chi connectivity index (χ4n) is 4.26. The summed E-state index contributed by atoms with van der Waals surface area (Å²) in [4.78, 5) is 12.5. The van der Waals surface area contributed by atoms with Crippen LogP contribution in [0, 0.1) is 11.6 Å². The third kappa shape index (κ3) is 5.09. The Labute approximate surface area is 203 Å². The van der Waals surface area contributed by atoms with E-state index in [-0.39, 0.29) is 16.5 Å². The van der Waals surface area contributed by atoms with Gasteiger partial charge < -0.3 is 10.1 Å². The van der Waals surface area contributed by atoms with Crippen LogP contribution in [0.2, 0.25) is 0 Å². The van der Waals surface area contributed by atoms with Crippen LogP contribution in [0.15, 0.2) is 65.8 Å². The topological polar surface area (TPSA) is 53.9 Å². The van der Waals surface area contributed by atoms with Gasteiger partial charge in [-0.1, -0.05) is 54.2 Å². The number of hydrogen-bond donors (Lipinski definition) is 1. The number of methoxy groups -OCH3 is 1. The van der Waals surface area contributed by atoms with Gasteiger partial charge in [-0.25, -0.2) is 13.8 Å². The Morgan fingerprint density at radius 3 is 2.68 bits per heavy atom.